The number of amides is 1. The van der Waals surface area contributed by atoms with Gasteiger partial charge in [0, 0.05) is 12.2 Å². The zero-order valence-corrected chi connectivity index (χ0v) is 17.3. The molecular formula is C21H29Cl2N3O. The average Bonchev–Trinajstić information content (AvgIpc) is 2.63. The molecule has 2 aromatic rings. The molecule has 0 aromatic heterocycles. The van der Waals surface area contributed by atoms with E-state index < -0.39 is 5.54 Å². The summed E-state index contributed by atoms with van der Waals surface area (Å²) >= 11 is 0. The summed E-state index contributed by atoms with van der Waals surface area (Å²) < 4.78 is 0. The molecule has 1 amide bonds. The number of nitrogens with zero attached hydrogens (tertiary/aromatic N) is 1. The van der Waals surface area contributed by atoms with Crippen molar-refractivity contribution >= 4 is 36.4 Å². The van der Waals surface area contributed by atoms with Crippen molar-refractivity contribution < 1.29 is 4.79 Å². The molecule has 0 bridgehead atoms. The molecule has 1 fully saturated rings. The molecule has 4 nitrogen and oxygen atoms in total. The van der Waals surface area contributed by atoms with Crippen molar-refractivity contribution in [3.8, 4) is 0 Å². The lowest BCUT2D eigenvalue weighted by Crippen LogP contribution is -2.45. The second-order valence-corrected chi connectivity index (χ2v) is 7.06. The van der Waals surface area contributed by atoms with Crippen molar-refractivity contribution in [2.45, 2.75) is 38.3 Å². The van der Waals surface area contributed by atoms with Crippen LogP contribution >= 0.6 is 24.8 Å². The molecule has 1 saturated heterocycles. The largest absolute Gasteiger partial charge is 0.324 e. The number of nitrogens with two attached hydrogens (primary N) is 1. The molecule has 27 heavy (non-hydrogen) atoms. The van der Waals surface area contributed by atoms with E-state index in [1.165, 1.54) is 24.8 Å². The van der Waals surface area contributed by atoms with Crippen LogP contribution < -0.4 is 11.1 Å². The lowest BCUT2D eigenvalue weighted by Gasteiger charge is -2.27. The van der Waals surface area contributed by atoms with Crippen LogP contribution in [-0.4, -0.2) is 23.9 Å². The van der Waals surface area contributed by atoms with Gasteiger partial charge in [-0.25, -0.2) is 0 Å². The lowest BCUT2D eigenvalue weighted by atomic mass is 9.92. The van der Waals surface area contributed by atoms with Gasteiger partial charge in [-0.15, -0.1) is 24.8 Å². The molecule has 1 unspecified atom stereocenters. The fraction of sp³-hybridized carbons (Fsp3) is 0.381. The monoisotopic (exact) mass is 409 g/mol. The number of carbonyl (C=O) groups is 1. The molecule has 0 radical (unpaired) electrons. The van der Waals surface area contributed by atoms with E-state index in [-0.39, 0.29) is 30.7 Å². The van der Waals surface area contributed by atoms with Crippen LogP contribution in [0, 0.1) is 0 Å². The Morgan fingerprint density at radius 1 is 1.04 bits per heavy atom. The van der Waals surface area contributed by atoms with Crippen molar-refractivity contribution in [3.63, 3.8) is 0 Å². The molecule has 0 spiro atoms. The Hall–Kier alpha value is -1.59. The zero-order chi connectivity index (χ0) is 17.7. The summed E-state index contributed by atoms with van der Waals surface area (Å²) in [7, 11) is 0. The van der Waals surface area contributed by atoms with E-state index in [1.54, 1.807) is 6.92 Å². The van der Waals surface area contributed by atoms with Crippen LogP contribution in [0.25, 0.3) is 0 Å². The molecule has 1 aliphatic heterocycles. The first-order chi connectivity index (χ1) is 12.1. The van der Waals surface area contributed by atoms with Crippen molar-refractivity contribution in [2.75, 3.05) is 18.4 Å². The molecular weight excluding hydrogens is 381 g/mol. The van der Waals surface area contributed by atoms with Gasteiger partial charge < -0.3 is 11.1 Å². The number of carbonyl (C=O) groups excluding carboxylic acids is 1. The third kappa shape index (κ3) is 6.22. The average molecular weight is 410 g/mol. The summed E-state index contributed by atoms with van der Waals surface area (Å²) in [6.07, 6.45) is 3.89. The quantitative estimate of drug-likeness (QED) is 0.772. The molecule has 6 heteroatoms. The topological polar surface area (TPSA) is 58.4 Å². The smallest absolute Gasteiger partial charge is 0.248 e. The van der Waals surface area contributed by atoms with Gasteiger partial charge in [-0.1, -0.05) is 48.9 Å². The van der Waals surface area contributed by atoms with Gasteiger partial charge in [0.25, 0.3) is 0 Å². The zero-order valence-electron chi connectivity index (χ0n) is 15.7. The number of benzene rings is 2. The van der Waals surface area contributed by atoms with E-state index in [2.05, 4.69) is 16.3 Å². The number of rotatable bonds is 5. The Kier molecular flexibility index (Phi) is 9.27. The number of nitrogens with one attached hydrogen (secondary N) is 1. The van der Waals surface area contributed by atoms with E-state index >= 15 is 0 Å². The maximum atomic E-state index is 12.7. The second kappa shape index (κ2) is 10.7. The Labute approximate surface area is 174 Å². The fourth-order valence-corrected chi connectivity index (χ4v) is 3.30. The number of hydrogen-bond acceptors (Lipinski definition) is 3. The Morgan fingerprint density at radius 3 is 2.37 bits per heavy atom. The third-order valence-electron chi connectivity index (χ3n) is 4.88. The number of halogens is 2. The van der Waals surface area contributed by atoms with E-state index in [0.29, 0.717) is 0 Å². The number of piperidine rings is 1. The summed E-state index contributed by atoms with van der Waals surface area (Å²) in [5, 5.41) is 2.98. The van der Waals surface area contributed by atoms with Crippen LogP contribution in [0.15, 0.2) is 54.6 Å². The highest BCUT2D eigenvalue weighted by atomic mass is 35.5. The molecule has 2 aromatic carbocycles. The standard InChI is InChI=1S/C21H27N3O.2ClH/c1-21(22,18-10-4-2-5-11-18)20(25)23-19-12-8-9-17(15-19)16-24-13-6-3-7-14-24;;/h2,4-5,8-12,15H,3,6-7,13-14,16,22H2,1H3,(H,23,25);2*1H. The molecule has 0 aliphatic carbocycles. The molecule has 3 N–H and O–H groups in total. The Balaban J connectivity index is 0.00000182. The molecule has 148 valence electrons. The Morgan fingerprint density at radius 2 is 1.70 bits per heavy atom. The van der Waals surface area contributed by atoms with E-state index in [9.17, 15) is 4.79 Å². The van der Waals surface area contributed by atoms with Gasteiger partial charge in [-0.2, -0.15) is 0 Å². The summed E-state index contributed by atoms with van der Waals surface area (Å²) in [6, 6.07) is 17.5. The normalized spacial score (nSPS) is 16.4. The minimum absolute atomic E-state index is 0. The first-order valence-electron chi connectivity index (χ1n) is 9.03. The van der Waals surface area contributed by atoms with Crippen LogP contribution in [0.3, 0.4) is 0 Å². The van der Waals surface area contributed by atoms with Crippen LogP contribution in [0.5, 0.6) is 0 Å². The number of likely N-dealkylation sites (tertiary alicyclic amines) is 1. The molecule has 1 aliphatic rings. The predicted molar refractivity (Wildman–Crippen MR) is 117 cm³/mol. The highest BCUT2D eigenvalue weighted by molar-refractivity contribution is 5.98. The van der Waals surface area contributed by atoms with Crippen molar-refractivity contribution in [3.05, 3.63) is 65.7 Å². The van der Waals surface area contributed by atoms with Crippen molar-refractivity contribution in [2.24, 2.45) is 5.73 Å². The summed E-state index contributed by atoms with van der Waals surface area (Å²) in [5.41, 5.74) is 8.05. The van der Waals surface area contributed by atoms with Crippen LogP contribution in [-0.2, 0) is 16.9 Å². The molecule has 1 atom stereocenters. The highest BCUT2D eigenvalue weighted by Crippen LogP contribution is 2.21. The van der Waals surface area contributed by atoms with Crippen molar-refractivity contribution in [1.29, 1.82) is 0 Å². The van der Waals surface area contributed by atoms with Gasteiger partial charge in [-0.05, 0) is 56.1 Å². The summed E-state index contributed by atoms with van der Waals surface area (Å²) in [4.78, 5) is 15.2. The van der Waals surface area contributed by atoms with Gasteiger partial charge >= 0.3 is 0 Å². The Bertz CT molecular complexity index is 716. The van der Waals surface area contributed by atoms with Crippen LogP contribution in [0.2, 0.25) is 0 Å². The van der Waals surface area contributed by atoms with Gasteiger partial charge in [-0.3, -0.25) is 9.69 Å². The minimum Gasteiger partial charge on any atom is -0.324 e. The van der Waals surface area contributed by atoms with Gasteiger partial charge in [0.1, 0.15) is 5.54 Å². The summed E-state index contributed by atoms with van der Waals surface area (Å²) in [5.74, 6) is -0.200. The highest BCUT2D eigenvalue weighted by Gasteiger charge is 2.30. The predicted octanol–water partition coefficient (Wildman–Crippen LogP) is 4.33. The van der Waals surface area contributed by atoms with Gasteiger partial charge in [0.2, 0.25) is 5.91 Å². The van der Waals surface area contributed by atoms with E-state index in [0.717, 1.165) is 30.9 Å². The SMILES string of the molecule is CC(N)(C(=O)Nc1cccc(CN2CCCCC2)c1)c1ccccc1.Cl.Cl. The van der Waals surface area contributed by atoms with Crippen LogP contribution in [0.1, 0.15) is 37.3 Å². The summed E-state index contributed by atoms with van der Waals surface area (Å²) in [6.45, 7) is 4.99. The van der Waals surface area contributed by atoms with Gasteiger partial charge in [0.15, 0.2) is 0 Å². The van der Waals surface area contributed by atoms with Gasteiger partial charge in [0.05, 0.1) is 0 Å². The minimum atomic E-state index is -1.07. The molecule has 0 saturated carbocycles. The van der Waals surface area contributed by atoms with Crippen molar-refractivity contribution in [1.82, 2.24) is 4.90 Å². The first-order valence-corrected chi connectivity index (χ1v) is 9.03. The van der Waals surface area contributed by atoms with E-state index in [1.807, 2.05) is 48.5 Å². The van der Waals surface area contributed by atoms with E-state index in [4.69, 9.17) is 5.73 Å². The maximum Gasteiger partial charge on any atom is 0.248 e. The number of anilines is 1. The molecule has 1 heterocycles. The second-order valence-electron chi connectivity index (χ2n) is 7.06. The van der Waals surface area contributed by atoms with Crippen LogP contribution in [0.4, 0.5) is 5.69 Å². The number of hydrogen-bond donors (Lipinski definition) is 2. The maximum absolute atomic E-state index is 12.7. The third-order valence-corrected chi connectivity index (χ3v) is 4.88. The lowest BCUT2D eigenvalue weighted by molar-refractivity contribution is -0.120. The first kappa shape index (κ1) is 23.4. The molecule has 3 rings (SSSR count). The fourth-order valence-electron chi connectivity index (χ4n) is 3.30.